The van der Waals surface area contributed by atoms with E-state index in [0.29, 0.717) is 18.5 Å². The zero-order chi connectivity index (χ0) is 17.1. The number of hydrogen-bond acceptors (Lipinski definition) is 4. The van der Waals surface area contributed by atoms with Crippen LogP contribution in [0.3, 0.4) is 0 Å². The van der Waals surface area contributed by atoms with Crippen LogP contribution in [0.15, 0.2) is 30.5 Å². The van der Waals surface area contributed by atoms with Crippen LogP contribution in [0.2, 0.25) is 0 Å². The predicted octanol–water partition coefficient (Wildman–Crippen LogP) is 1.62. The van der Waals surface area contributed by atoms with E-state index in [9.17, 15) is 14.0 Å². The van der Waals surface area contributed by atoms with E-state index in [0.717, 1.165) is 6.42 Å². The highest BCUT2D eigenvalue weighted by molar-refractivity contribution is 6.07. The maximum atomic E-state index is 14.0. The molecule has 0 radical (unpaired) electrons. The van der Waals surface area contributed by atoms with E-state index < -0.39 is 17.8 Å². The smallest absolute Gasteiger partial charge is 0.252 e. The van der Waals surface area contributed by atoms with Gasteiger partial charge < -0.3 is 10.2 Å². The van der Waals surface area contributed by atoms with Crippen LogP contribution in [0.5, 0.6) is 0 Å². The van der Waals surface area contributed by atoms with Crippen molar-refractivity contribution >= 4 is 22.7 Å². The van der Waals surface area contributed by atoms with Crippen molar-refractivity contribution in [2.45, 2.75) is 18.9 Å². The Balaban J connectivity index is 1.74. The van der Waals surface area contributed by atoms with Crippen LogP contribution >= 0.6 is 0 Å². The Kier molecular flexibility index (Phi) is 4.38. The second kappa shape index (κ2) is 6.62. The lowest BCUT2D eigenvalue weighted by molar-refractivity contribution is -0.130. The third-order valence-corrected chi connectivity index (χ3v) is 4.08. The first-order chi connectivity index (χ1) is 11.6. The molecule has 1 aromatic carbocycles. The zero-order valence-corrected chi connectivity index (χ0v) is 12.8. The molecule has 1 N–H and O–H groups in total. The van der Waals surface area contributed by atoms with Crippen LogP contribution in [-0.4, -0.2) is 40.8 Å². The molecule has 0 saturated carbocycles. The third-order valence-electron chi connectivity index (χ3n) is 4.08. The predicted molar refractivity (Wildman–Crippen MR) is 84.4 cm³/mol. The molecule has 6 nitrogen and oxygen atoms in total. The highest BCUT2D eigenvalue weighted by Crippen LogP contribution is 2.20. The van der Waals surface area contributed by atoms with Gasteiger partial charge in [0.05, 0.1) is 23.7 Å². The molecule has 0 spiro atoms. The van der Waals surface area contributed by atoms with E-state index in [1.165, 1.54) is 29.3 Å². The molecule has 0 bridgehead atoms. The fourth-order valence-corrected chi connectivity index (χ4v) is 2.90. The Hall–Kier alpha value is -3.01. The number of rotatable bonds is 3. The van der Waals surface area contributed by atoms with Gasteiger partial charge in [-0.1, -0.05) is 6.07 Å². The Labute approximate surface area is 137 Å². The van der Waals surface area contributed by atoms with Crippen molar-refractivity contribution in [3.63, 3.8) is 0 Å². The lowest BCUT2D eigenvalue weighted by atomic mass is 10.1. The summed E-state index contributed by atoms with van der Waals surface area (Å²) in [5.41, 5.74) is 0.502. The Morgan fingerprint density at radius 3 is 3.04 bits per heavy atom. The topological polar surface area (TPSA) is 86.1 Å². The molecule has 1 aliphatic rings. The molecule has 2 heterocycles. The maximum absolute atomic E-state index is 14.0. The SMILES string of the molecule is N#C[C@@H]1CCCN1C(=O)CNC(=O)c1ccnc2cccc(F)c12. The highest BCUT2D eigenvalue weighted by Gasteiger charge is 2.28. The summed E-state index contributed by atoms with van der Waals surface area (Å²) < 4.78 is 14.0. The molecule has 0 aliphatic carbocycles. The van der Waals surface area contributed by atoms with Crippen LogP contribution in [0.1, 0.15) is 23.2 Å². The maximum Gasteiger partial charge on any atom is 0.252 e. The van der Waals surface area contributed by atoms with Crippen LogP contribution in [-0.2, 0) is 4.79 Å². The minimum absolute atomic E-state index is 0.126. The van der Waals surface area contributed by atoms with Crippen molar-refractivity contribution in [3.05, 3.63) is 41.8 Å². The van der Waals surface area contributed by atoms with E-state index in [2.05, 4.69) is 16.4 Å². The Morgan fingerprint density at radius 2 is 2.25 bits per heavy atom. The van der Waals surface area contributed by atoms with Crippen LogP contribution in [0.25, 0.3) is 10.9 Å². The van der Waals surface area contributed by atoms with Gasteiger partial charge in [-0.05, 0) is 31.0 Å². The fraction of sp³-hybridized carbons (Fsp3) is 0.294. The van der Waals surface area contributed by atoms with Gasteiger partial charge in [0.25, 0.3) is 5.91 Å². The van der Waals surface area contributed by atoms with E-state index in [1.54, 1.807) is 6.07 Å². The second-order valence-corrected chi connectivity index (χ2v) is 5.55. The summed E-state index contributed by atoms with van der Waals surface area (Å²) in [5, 5.41) is 11.6. The number of hydrogen-bond donors (Lipinski definition) is 1. The molecule has 7 heteroatoms. The number of aromatic nitrogens is 1. The van der Waals surface area contributed by atoms with Gasteiger partial charge in [0.1, 0.15) is 11.9 Å². The molecule has 2 amide bonds. The molecule has 1 aromatic heterocycles. The van der Waals surface area contributed by atoms with Crippen molar-refractivity contribution in [2.75, 3.05) is 13.1 Å². The summed E-state index contributed by atoms with van der Waals surface area (Å²) in [6, 6.07) is 7.45. The summed E-state index contributed by atoms with van der Waals surface area (Å²) >= 11 is 0. The van der Waals surface area contributed by atoms with E-state index >= 15 is 0 Å². The number of halogens is 1. The first-order valence-corrected chi connectivity index (χ1v) is 7.62. The molecule has 122 valence electrons. The average Bonchev–Trinajstić information content (AvgIpc) is 3.08. The van der Waals surface area contributed by atoms with Gasteiger partial charge in [0.15, 0.2) is 0 Å². The van der Waals surface area contributed by atoms with Crippen LogP contribution < -0.4 is 5.32 Å². The number of fused-ring (bicyclic) bond motifs is 1. The molecule has 24 heavy (non-hydrogen) atoms. The lowest BCUT2D eigenvalue weighted by Gasteiger charge is -2.19. The van der Waals surface area contributed by atoms with E-state index in [4.69, 9.17) is 5.26 Å². The van der Waals surface area contributed by atoms with Crippen molar-refractivity contribution in [3.8, 4) is 6.07 Å². The van der Waals surface area contributed by atoms with Gasteiger partial charge in [-0.3, -0.25) is 14.6 Å². The molecule has 0 unspecified atom stereocenters. The van der Waals surface area contributed by atoms with Crippen LogP contribution in [0, 0.1) is 17.1 Å². The Morgan fingerprint density at radius 1 is 1.42 bits per heavy atom. The second-order valence-electron chi connectivity index (χ2n) is 5.55. The summed E-state index contributed by atoms with van der Waals surface area (Å²) in [4.78, 5) is 30.0. The summed E-state index contributed by atoms with van der Waals surface area (Å²) in [7, 11) is 0. The molecule has 1 fully saturated rings. The van der Waals surface area contributed by atoms with Gasteiger partial charge in [-0.25, -0.2) is 4.39 Å². The largest absolute Gasteiger partial charge is 0.343 e. The van der Waals surface area contributed by atoms with Gasteiger partial charge in [0.2, 0.25) is 5.91 Å². The van der Waals surface area contributed by atoms with Gasteiger partial charge in [0, 0.05) is 18.1 Å². The molecule has 2 aromatic rings. The van der Waals surface area contributed by atoms with Crippen molar-refractivity contribution in [2.24, 2.45) is 0 Å². The number of nitrogens with one attached hydrogen (secondary N) is 1. The lowest BCUT2D eigenvalue weighted by Crippen LogP contribution is -2.42. The minimum Gasteiger partial charge on any atom is -0.343 e. The first kappa shape index (κ1) is 15.9. The number of carbonyl (C=O) groups is 2. The number of nitriles is 1. The van der Waals surface area contributed by atoms with Crippen molar-refractivity contribution < 1.29 is 14.0 Å². The number of amides is 2. The molecule has 3 rings (SSSR count). The van der Waals surface area contributed by atoms with Crippen LogP contribution in [0.4, 0.5) is 4.39 Å². The van der Waals surface area contributed by atoms with Gasteiger partial charge in [-0.2, -0.15) is 5.26 Å². The Bertz CT molecular complexity index is 841. The molecular formula is C17H15FN4O2. The normalized spacial score (nSPS) is 16.8. The van der Waals surface area contributed by atoms with Gasteiger partial charge >= 0.3 is 0 Å². The average molecular weight is 326 g/mol. The summed E-state index contributed by atoms with van der Waals surface area (Å²) in [6.07, 6.45) is 2.85. The van der Waals surface area contributed by atoms with Crippen molar-refractivity contribution in [1.29, 1.82) is 5.26 Å². The molecule has 1 aliphatic heterocycles. The first-order valence-electron chi connectivity index (χ1n) is 7.62. The zero-order valence-electron chi connectivity index (χ0n) is 12.8. The summed E-state index contributed by atoms with van der Waals surface area (Å²) in [5.74, 6) is -1.40. The highest BCUT2D eigenvalue weighted by atomic mass is 19.1. The number of nitrogens with zero attached hydrogens (tertiary/aromatic N) is 3. The summed E-state index contributed by atoms with van der Waals surface area (Å²) in [6.45, 7) is 0.287. The van der Waals surface area contributed by atoms with E-state index in [-0.39, 0.29) is 23.4 Å². The number of likely N-dealkylation sites (tertiary alicyclic amines) is 1. The van der Waals surface area contributed by atoms with Crippen molar-refractivity contribution in [1.82, 2.24) is 15.2 Å². The molecule has 1 saturated heterocycles. The number of benzene rings is 1. The standard InChI is InChI=1S/C17H15FN4O2/c18-13-4-1-5-14-16(13)12(6-7-20-14)17(24)21-10-15(23)22-8-2-3-11(22)9-19/h1,4-7,11H,2-3,8,10H2,(H,21,24)/t11-/m0/s1. The number of pyridine rings is 1. The third kappa shape index (κ3) is 2.91. The van der Waals surface area contributed by atoms with E-state index in [1.807, 2.05) is 0 Å². The molecular weight excluding hydrogens is 311 g/mol. The fourth-order valence-electron chi connectivity index (χ4n) is 2.90. The number of carbonyl (C=O) groups excluding carboxylic acids is 2. The van der Waals surface area contributed by atoms with Gasteiger partial charge in [-0.15, -0.1) is 0 Å². The monoisotopic (exact) mass is 326 g/mol. The quantitative estimate of drug-likeness (QED) is 0.928. The molecule has 1 atom stereocenters. The minimum atomic E-state index is -0.548.